The molecule has 0 aliphatic rings. The first-order valence-electron chi connectivity index (χ1n) is 7.56. The zero-order valence-electron chi connectivity index (χ0n) is 12.5. The highest BCUT2D eigenvalue weighted by Crippen LogP contribution is 2.35. The van der Waals surface area contributed by atoms with Crippen LogP contribution in [-0.2, 0) is 0 Å². The second-order valence-electron chi connectivity index (χ2n) is 5.28. The van der Waals surface area contributed by atoms with Crippen LogP contribution in [0.3, 0.4) is 0 Å². The molecule has 0 saturated carbocycles. The Morgan fingerprint density at radius 1 is 0.905 bits per heavy atom. The zero-order valence-corrected chi connectivity index (χ0v) is 12.5. The van der Waals surface area contributed by atoms with Crippen molar-refractivity contribution in [3.05, 3.63) is 17.7 Å². The molecule has 0 fully saturated rings. The fourth-order valence-corrected chi connectivity index (χ4v) is 2.27. The molecule has 118 valence electrons. The Morgan fingerprint density at radius 2 is 1.43 bits per heavy atom. The van der Waals surface area contributed by atoms with Gasteiger partial charge in [0, 0.05) is 5.56 Å². The van der Waals surface area contributed by atoms with Gasteiger partial charge in [0.1, 0.15) is 0 Å². The van der Waals surface area contributed by atoms with Crippen molar-refractivity contribution >= 4 is 5.71 Å². The lowest BCUT2D eigenvalue weighted by Crippen LogP contribution is -2.01. The Morgan fingerprint density at radius 3 is 1.95 bits per heavy atom. The van der Waals surface area contributed by atoms with E-state index in [0.717, 1.165) is 19.3 Å². The Labute approximate surface area is 125 Å². The van der Waals surface area contributed by atoms with E-state index in [-0.39, 0.29) is 0 Å². The molecule has 0 aromatic heterocycles. The predicted octanol–water partition coefficient (Wildman–Crippen LogP) is 4.12. The summed E-state index contributed by atoms with van der Waals surface area (Å²) in [4.78, 5) is 0. The molecule has 5 heteroatoms. The SMILES string of the molecule is CCCCCCCCCC(=NO)c1cc(O)c(O)c(O)c1. The molecule has 0 saturated heterocycles. The van der Waals surface area contributed by atoms with Crippen molar-refractivity contribution in [2.45, 2.75) is 58.3 Å². The summed E-state index contributed by atoms with van der Waals surface area (Å²) in [7, 11) is 0. The maximum absolute atomic E-state index is 9.47. The molecule has 0 radical (unpaired) electrons. The van der Waals surface area contributed by atoms with Gasteiger partial charge in [0.05, 0.1) is 5.71 Å². The quantitative estimate of drug-likeness (QED) is 0.181. The Bertz CT molecular complexity index is 448. The average molecular weight is 295 g/mol. The third-order valence-electron chi connectivity index (χ3n) is 3.54. The molecular formula is C16H25NO4. The van der Waals surface area contributed by atoms with Gasteiger partial charge in [-0.25, -0.2) is 0 Å². The number of hydrogen-bond acceptors (Lipinski definition) is 5. The number of phenols is 3. The van der Waals surface area contributed by atoms with Crippen molar-refractivity contribution < 1.29 is 20.5 Å². The van der Waals surface area contributed by atoms with Crippen LogP contribution in [-0.4, -0.2) is 26.2 Å². The average Bonchev–Trinajstić information content (AvgIpc) is 2.47. The van der Waals surface area contributed by atoms with Crippen molar-refractivity contribution in [1.29, 1.82) is 0 Å². The summed E-state index contributed by atoms with van der Waals surface area (Å²) >= 11 is 0. The minimum absolute atomic E-state index is 0.397. The summed E-state index contributed by atoms with van der Waals surface area (Å²) < 4.78 is 0. The molecule has 0 amide bonds. The first kappa shape index (κ1) is 17.1. The lowest BCUT2D eigenvalue weighted by molar-refractivity contribution is 0.317. The van der Waals surface area contributed by atoms with Crippen LogP contribution in [0.2, 0.25) is 0 Å². The number of unbranched alkanes of at least 4 members (excludes halogenated alkanes) is 6. The van der Waals surface area contributed by atoms with Crippen molar-refractivity contribution in [3.8, 4) is 17.2 Å². The van der Waals surface area contributed by atoms with Crippen LogP contribution in [0, 0.1) is 0 Å². The van der Waals surface area contributed by atoms with Gasteiger partial charge in [-0.2, -0.15) is 0 Å². The second-order valence-corrected chi connectivity index (χ2v) is 5.28. The Balaban J connectivity index is 2.46. The predicted molar refractivity (Wildman–Crippen MR) is 82.4 cm³/mol. The van der Waals surface area contributed by atoms with Crippen molar-refractivity contribution in [3.63, 3.8) is 0 Å². The fourth-order valence-electron chi connectivity index (χ4n) is 2.27. The molecule has 1 aromatic carbocycles. The first-order chi connectivity index (χ1) is 10.1. The van der Waals surface area contributed by atoms with Crippen LogP contribution < -0.4 is 0 Å². The van der Waals surface area contributed by atoms with Crippen molar-refractivity contribution in [1.82, 2.24) is 0 Å². The molecule has 0 heterocycles. The number of benzene rings is 1. The van der Waals surface area contributed by atoms with Gasteiger partial charge in [0.25, 0.3) is 0 Å². The van der Waals surface area contributed by atoms with Gasteiger partial charge in [-0.3, -0.25) is 0 Å². The molecule has 0 spiro atoms. The lowest BCUT2D eigenvalue weighted by atomic mass is 10.0. The highest BCUT2D eigenvalue weighted by Gasteiger charge is 2.12. The minimum Gasteiger partial charge on any atom is -0.504 e. The van der Waals surface area contributed by atoms with E-state index in [0.29, 0.717) is 17.7 Å². The highest BCUT2D eigenvalue weighted by atomic mass is 16.4. The molecule has 5 nitrogen and oxygen atoms in total. The van der Waals surface area contributed by atoms with Crippen molar-refractivity contribution in [2.75, 3.05) is 0 Å². The molecule has 0 aliphatic carbocycles. The highest BCUT2D eigenvalue weighted by molar-refractivity contribution is 6.01. The topological polar surface area (TPSA) is 93.3 Å². The summed E-state index contributed by atoms with van der Waals surface area (Å²) in [6.07, 6.45) is 8.65. The summed E-state index contributed by atoms with van der Waals surface area (Å²) in [5, 5.41) is 40.5. The number of nitrogens with zero attached hydrogens (tertiary/aromatic N) is 1. The van der Waals surface area contributed by atoms with Gasteiger partial charge < -0.3 is 20.5 Å². The van der Waals surface area contributed by atoms with Gasteiger partial charge in [-0.05, 0) is 25.0 Å². The summed E-state index contributed by atoms with van der Waals surface area (Å²) in [6, 6.07) is 2.57. The van der Waals surface area contributed by atoms with Gasteiger partial charge in [-0.1, -0.05) is 50.6 Å². The van der Waals surface area contributed by atoms with Crippen LogP contribution in [0.25, 0.3) is 0 Å². The van der Waals surface area contributed by atoms with E-state index in [2.05, 4.69) is 12.1 Å². The molecule has 0 bridgehead atoms. The molecular weight excluding hydrogens is 270 g/mol. The molecule has 4 N–H and O–H groups in total. The molecule has 1 aromatic rings. The number of phenolic OH excluding ortho intramolecular Hbond substituents is 3. The van der Waals surface area contributed by atoms with Gasteiger partial charge in [0.2, 0.25) is 0 Å². The van der Waals surface area contributed by atoms with E-state index in [1.54, 1.807) is 0 Å². The zero-order chi connectivity index (χ0) is 15.7. The Kier molecular flexibility index (Phi) is 7.43. The largest absolute Gasteiger partial charge is 0.504 e. The fraction of sp³-hybridized carbons (Fsp3) is 0.562. The minimum atomic E-state index is -0.563. The van der Waals surface area contributed by atoms with E-state index >= 15 is 0 Å². The van der Waals surface area contributed by atoms with E-state index in [9.17, 15) is 15.3 Å². The molecule has 21 heavy (non-hydrogen) atoms. The summed E-state index contributed by atoms with van der Waals surface area (Å²) in [5.41, 5.74) is 0.811. The second kappa shape index (κ2) is 9.10. The monoisotopic (exact) mass is 295 g/mol. The lowest BCUT2D eigenvalue weighted by Gasteiger charge is -2.08. The number of hydrogen-bond donors (Lipinski definition) is 4. The van der Waals surface area contributed by atoms with Gasteiger partial charge >= 0.3 is 0 Å². The third kappa shape index (κ3) is 5.53. The normalized spacial score (nSPS) is 11.8. The Hall–Kier alpha value is -1.91. The maximum atomic E-state index is 9.47. The van der Waals surface area contributed by atoms with Crippen LogP contribution in [0.5, 0.6) is 17.2 Å². The molecule has 0 aliphatic heterocycles. The summed E-state index contributed by atoms with van der Waals surface area (Å²) in [5.74, 6) is -1.41. The number of rotatable bonds is 9. The van der Waals surface area contributed by atoms with E-state index in [1.165, 1.54) is 37.8 Å². The van der Waals surface area contributed by atoms with E-state index in [1.807, 2.05) is 0 Å². The van der Waals surface area contributed by atoms with Crippen LogP contribution >= 0.6 is 0 Å². The smallest absolute Gasteiger partial charge is 0.200 e. The van der Waals surface area contributed by atoms with Crippen LogP contribution in [0.1, 0.15) is 63.9 Å². The summed E-state index contributed by atoms with van der Waals surface area (Å²) in [6.45, 7) is 2.19. The standard InChI is InChI=1S/C16H25NO4/c1-2-3-4-5-6-7-8-9-13(17-21)12-10-14(18)16(20)15(19)11-12/h10-11,18-21H,2-9H2,1H3. The first-order valence-corrected chi connectivity index (χ1v) is 7.56. The van der Waals surface area contributed by atoms with Gasteiger partial charge in [-0.15, -0.1) is 0 Å². The molecule has 1 rings (SSSR count). The molecule has 0 unspecified atom stereocenters. The van der Waals surface area contributed by atoms with Gasteiger partial charge in [0.15, 0.2) is 17.2 Å². The number of aromatic hydroxyl groups is 3. The molecule has 0 atom stereocenters. The van der Waals surface area contributed by atoms with E-state index < -0.39 is 17.2 Å². The number of oxime groups is 1. The van der Waals surface area contributed by atoms with Crippen molar-refractivity contribution in [2.24, 2.45) is 5.16 Å². The van der Waals surface area contributed by atoms with Crippen LogP contribution in [0.15, 0.2) is 17.3 Å². The van der Waals surface area contributed by atoms with Crippen LogP contribution in [0.4, 0.5) is 0 Å². The van der Waals surface area contributed by atoms with E-state index in [4.69, 9.17) is 5.21 Å². The third-order valence-corrected chi connectivity index (χ3v) is 3.54. The maximum Gasteiger partial charge on any atom is 0.200 e.